The molecule has 50 valence electrons. The Morgan fingerprint density at radius 2 is 2.33 bits per heavy atom. The lowest BCUT2D eigenvalue weighted by molar-refractivity contribution is -0.141. The SMILES string of the molecule is COC(=O)C(C)N=C=O. The third-order valence-electron chi connectivity index (χ3n) is 0.789. The van der Waals surface area contributed by atoms with E-state index in [1.807, 2.05) is 0 Å². The average Bonchev–Trinajstić information content (AvgIpc) is 1.87. The van der Waals surface area contributed by atoms with Gasteiger partial charge in [0, 0.05) is 0 Å². The van der Waals surface area contributed by atoms with E-state index in [1.54, 1.807) is 0 Å². The second-order valence-corrected chi connectivity index (χ2v) is 1.42. The smallest absolute Gasteiger partial charge is 0.331 e. The monoisotopic (exact) mass is 129 g/mol. The summed E-state index contributed by atoms with van der Waals surface area (Å²) in [5.74, 6) is -0.529. The van der Waals surface area contributed by atoms with Crippen molar-refractivity contribution in [3.05, 3.63) is 0 Å². The van der Waals surface area contributed by atoms with Crippen LogP contribution in [0.4, 0.5) is 0 Å². The maximum absolute atomic E-state index is 10.4. The summed E-state index contributed by atoms with van der Waals surface area (Å²) in [5, 5.41) is 0. The Balaban J connectivity index is 3.87. The van der Waals surface area contributed by atoms with E-state index in [-0.39, 0.29) is 0 Å². The predicted molar refractivity (Wildman–Crippen MR) is 29.6 cm³/mol. The van der Waals surface area contributed by atoms with Crippen LogP contribution >= 0.6 is 0 Å². The summed E-state index contributed by atoms with van der Waals surface area (Å²) in [6.07, 6.45) is 1.26. The van der Waals surface area contributed by atoms with Crippen molar-refractivity contribution in [1.29, 1.82) is 0 Å². The van der Waals surface area contributed by atoms with Gasteiger partial charge in [-0.25, -0.2) is 9.59 Å². The van der Waals surface area contributed by atoms with Gasteiger partial charge in [-0.05, 0) is 6.92 Å². The van der Waals surface area contributed by atoms with E-state index in [2.05, 4.69) is 9.73 Å². The molecule has 9 heavy (non-hydrogen) atoms. The molecular formula is C5H7NO3. The van der Waals surface area contributed by atoms with E-state index < -0.39 is 12.0 Å². The van der Waals surface area contributed by atoms with Gasteiger partial charge in [-0.3, -0.25) is 0 Å². The number of carbonyl (C=O) groups excluding carboxylic acids is 2. The van der Waals surface area contributed by atoms with Gasteiger partial charge in [0.1, 0.15) is 0 Å². The number of rotatable bonds is 2. The number of hydrogen-bond donors (Lipinski definition) is 0. The number of methoxy groups -OCH3 is 1. The van der Waals surface area contributed by atoms with Crippen molar-refractivity contribution in [3.8, 4) is 0 Å². The Morgan fingerprint density at radius 1 is 1.78 bits per heavy atom. The fourth-order valence-corrected chi connectivity index (χ4v) is 0.302. The molecular weight excluding hydrogens is 122 g/mol. The number of nitrogens with zero attached hydrogens (tertiary/aromatic N) is 1. The molecule has 0 heterocycles. The Kier molecular flexibility index (Phi) is 3.32. The fraction of sp³-hybridized carbons (Fsp3) is 0.600. The van der Waals surface area contributed by atoms with Crippen molar-refractivity contribution in [1.82, 2.24) is 0 Å². The maximum atomic E-state index is 10.4. The zero-order valence-corrected chi connectivity index (χ0v) is 5.25. The summed E-state index contributed by atoms with van der Waals surface area (Å²) in [7, 11) is 1.24. The first kappa shape index (κ1) is 7.85. The Morgan fingerprint density at radius 3 is 2.67 bits per heavy atom. The molecule has 1 unspecified atom stereocenters. The third kappa shape index (κ3) is 2.61. The van der Waals surface area contributed by atoms with Gasteiger partial charge < -0.3 is 4.74 Å². The van der Waals surface area contributed by atoms with Crippen molar-refractivity contribution in [2.45, 2.75) is 13.0 Å². The van der Waals surface area contributed by atoms with Crippen molar-refractivity contribution in [2.75, 3.05) is 7.11 Å². The van der Waals surface area contributed by atoms with Gasteiger partial charge in [-0.1, -0.05) is 0 Å². The van der Waals surface area contributed by atoms with Crippen molar-refractivity contribution in [3.63, 3.8) is 0 Å². The van der Waals surface area contributed by atoms with Crippen LogP contribution < -0.4 is 0 Å². The topological polar surface area (TPSA) is 55.7 Å². The highest BCUT2D eigenvalue weighted by molar-refractivity contribution is 5.76. The molecule has 0 bridgehead atoms. The number of hydrogen-bond acceptors (Lipinski definition) is 4. The standard InChI is InChI=1S/C5H7NO3/c1-4(6-3-7)5(8)9-2/h4H,1-2H3. The lowest BCUT2D eigenvalue weighted by atomic mass is 10.4. The third-order valence-corrected chi connectivity index (χ3v) is 0.789. The largest absolute Gasteiger partial charge is 0.467 e. The van der Waals surface area contributed by atoms with Gasteiger partial charge in [0.25, 0.3) is 0 Å². The van der Waals surface area contributed by atoms with Crippen LogP contribution in [-0.4, -0.2) is 25.2 Å². The number of isocyanates is 1. The molecule has 1 atom stereocenters. The minimum absolute atomic E-state index is 0.529. The summed E-state index contributed by atoms with van der Waals surface area (Å²) in [5.41, 5.74) is 0. The number of aliphatic imine (C=N–C) groups is 1. The normalized spacial score (nSPS) is 11.3. The van der Waals surface area contributed by atoms with Gasteiger partial charge in [0.15, 0.2) is 6.04 Å². The molecule has 0 fully saturated rings. The van der Waals surface area contributed by atoms with Gasteiger partial charge >= 0.3 is 5.97 Å². The highest BCUT2D eigenvalue weighted by Gasteiger charge is 2.09. The van der Waals surface area contributed by atoms with E-state index >= 15 is 0 Å². The van der Waals surface area contributed by atoms with E-state index in [1.165, 1.54) is 20.1 Å². The molecule has 0 spiro atoms. The molecule has 0 radical (unpaired) electrons. The summed E-state index contributed by atoms with van der Waals surface area (Å²) in [6, 6.07) is -0.729. The Labute approximate surface area is 52.5 Å². The molecule has 4 heteroatoms. The predicted octanol–water partition coefficient (Wildman–Crippen LogP) is -0.116. The zero-order chi connectivity index (χ0) is 7.28. The maximum Gasteiger partial charge on any atom is 0.331 e. The van der Waals surface area contributed by atoms with Gasteiger partial charge in [-0.2, -0.15) is 4.99 Å². The minimum Gasteiger partial charge on any atom is -0.467 e. The van der Waals surface area contributed by atoms with Crippen molar-refractivity contribution >= 4 is 12.0 Å². The molecule has 0 N–H and O–H groups in total. The summed E-state index contributed by atoms with van der Waals surface area (Å²) >= 11 is 0. The molecule has 0 aromatic carbocycles. The van der Waals surface area contributed by atoms with Crippen LogP contribution in [0.3, 0.4) is 0 Å². The van der Waals surface area contributed by atoms with E-state index in [9.17, 15) is 9.59 Å². The first-order valence-electron chi connectivity index (χ1n) is 2.37. The number of esters is 1. The summed E-state index contributed by atoms with van der Waals surface area (Å²) in [4.78, 5) is 23.1. The van der Waals surface area contributed by atoms with Crippen LogP contribution in [0.5, 0.6) is 0 Å². The number of ether oxygens (including phenoxy) is 1. The highest BCUT2D eigenvalue weighted by atomic mass is 16.5. The molecule has 0 aliphatic carbocycles. The fourth-order valence-electron chi connectivity index (χ4n) is 0.302. The second-order valence-electron chi connectivity index (χ2n) is 1.42. The minimum atomic E-state index is -0.729. The summed E-state index contributed by atoms with van der Waals surface area (Å²) < 4.78 is 4.25. The molecule has 0 rings (SSSR count). The second kappa shape index (κ2) is 3.80. The first-order valence-corrected chi connectivity index (χ1v) is 2.37. The van der Waals surface area contributed by atoms with Crippen LogP contribution in [0.25, 0.3) is 0 Å². The van der Waals surface area contributed by atoms with Crippen molar-refractivity contribution in [2.24, 2.45) is 4.99 Å². The van der Waals surface area contributed by atoms with Crippen LogP contribution in [0.15, 0.2) is 4.99 Å². The van der Waals surface area contributed by atoms with Gasteiger partial charge in [0.2, 0.25) is 6.08 Å². The Hall–Kier alpha value is -1.15. The van der Waals surface area contributed by atoms with Crippen LogP contribution in [0, 0.1) is 0 Å². The lowest BCUT2D eigenvalue weighted by Gasteiger charge is -1.97. The Bertz CT molecular complexity index is 148. The van der Waals surface area contributed by atoms with E-state index in [0.29, 0.717) is 0 Å². The van der Waals surface area contributed by atoms with Crippen LogP contribution in [-0.2, 0) is 14.3 Å². The molecule has 4 nitrogen and oxygen atoms in total. The zero-order valence-electron chi connectivity index (χ0n) is 5.25. The lowest BCUT2D eigenvalue weighted by Crippen LogP contribution is -2.15. The van der Waals surface area contributed by atoms with Crippen LogP contribution in [0.2, 0.25) is 0 Å². The number of carbonyl (C=O) groups is 1. The molecule has 0 saturated carbocycles. The van der Waals surface area contributed by atoms with Gasteiger partial charge in [0.05, 0.1) is 7.11 Å². The average molecular weight is 129 g/mol. The molecule has 0 aromatic rings. The molecule has 0 aliphatic heterocycles. The molecule has 0 aromatic heterocycles. The highest BCUT2D eigenvalue weighted by Crippen LogP contribution is 1.88. The van der Waals surface area contributed by atoms with E-state index in [0.717, 1.165) is 0 Å². The van der Waals surface area contributed by atoms with Crippen molar-refractivity contribution < 1.29 is 14.3 Å². The molecule has 0 aliphatic rings. The summed E-state index contributed by atoms with van der Waals surface area (Å²) in [6.45, 7) is 1.46. The molecule has 0 saturated heterocycles. The first-order chi connectivity index (χ1) is 4.22. The quantitative estimate of drug-likeness (QED) is 0.297. The molecule has 0 amide bonds. The van der Waals surface area contributed by atoms with Crippen LogP contribution in [0.1, 0.15) is 6.92 Å². The van der Waals surface area contributed by atoms with E-state index in [4.69, 9.17) is 0 Å². The van der Waals surface area contributed by atoms with Gasteiger partial charge in [-0.15, -0.1) is 0 Å².